The number of benzene rings is 2. The predicted octanol–water partition coefficient (Wildman–Crippen LogP) is 4.47. The van der Waals surface area contributed by atoms with Gasteiger partial charge in [-0.3, -0.25) is 10.1 Å². The highest BCUT2D eigenvalue weighted by Gasteiger charge is 2.14. The van der Waals surface area contributed by atoms with Crippen LogP contribution in [0.25, 0.3) is 10.2 Å². The van der Waals surface area contributed by atoms with Crippen LogP contribution in [0, 0.1) is 10.5 Å². The maximum absolute atomic E-state index is 12.4. The van der Waals surface area contributed by atoms with Crippen molar-refractivity contribution in [3.63, 3.8) is 0 Å². The highest BCUT2D eigenvalue weighted by atomic mass is 127. The van der Waals surface area contributed by atoms with Crippen LogP contribution in [-0.4, -0.2) is 18.0 Å². The third kappa shape index (κ3) is 2.93. The Morgan fingerprint density at radius 3 is 2.91 bits per heavy atom. The molecule has 3 rings (SSSR count). The fraction of sp³-hybridized carbons (Fsp3) is 0.125. The first-order valence-electron chi connectivity index (χ1n) is 6.59. The number of carbonyl (C=O) groups is 1. The first kappa shape index (κ1) is 15.2. The lowest BCUT2D eigenvalue weighted by Crippen LogP contribution is -2.13. The average Bonchev–Trinajstić information content (AvgIpc) is 2.90. The molecule has 22 heavy (non-hydrogen) atoms. The zero-order valence-corrected chi connectivity index (χ0v) is 15.0. The molecule has 1 N–H and O–H groups in total. The first-order chi connectivity index (χ1) is 10.6. The predicted molar refractivity (Wildman–Crippen MR) is 98.0 cm³/mol. The van der Waals surface area contributed by atoms with Gasteiger partial charge in [-0.25, -0.2) is 4.98 Å². The van der Waals surface area contributed by atoms with Crippen molar-refractivity contribution in [2.45, 2.75) is 6.92 Å². The molecule has 0 fully saturated rings. The van der Waals surface area contributed by atoms with Gasteiger partial charge in [-0.1, -0.05) is 23.5 Å². The van der Waals surface area contributed by atoms with Crippen molar-refractivity contribution < 1.29 is 9.53 Å². The van der Waals surface area contributed by atoms with E-state index in [0.29, 0.717) is 10.7 Å². The lowest BCUT2D eigenvalue weighted by atomic mass is 10.1. The summed E-state index contributed by atoms with van der Waals surface area (Å²) in [5.74, 6) is 0.640. The molecule has 1 heterocycles. The molecule has 2 aromatic carbocycles. The van der Waals surface area contributed by atoms with Gasteiger partial charge in [-0.15, -0.1) is 0 Å². The molecule has 1 aromatic heterocycles. The summed E-state index contributed by atoms with van der Waals surface area (Å²) in [6.45, 7) is 1.99. The molecule has 0 atom stereocenters. The number of hydrogen-bond acceptors (Lipinski definition) is 4. The van der Waals surface area contributed by atoms with Crippen LogP contribution in [0.4, 0.5) is 5.13 Å². The first-order valence-corrected chi connectivity index (χ1v) is 8.49. The molecule has 0 bridgehead atoms. The van der Waals surface area contributed by atoms with E-state index in [1.165, 1.54) is 11.3 Å². The smallest absolute Gasteiger partial charge is 0.258 e. The van der Waals surface area contributed by atoms with Gasteiger partial charge in [0.05, 0.1) is 22.9 Å². The maximum Gasteiger partial charge on any atom is 0.258 e. The quantitative estimate of drug-likeness (QED) is 0.632. The molecule has 0 aliphatic heterocycles. The topological polar surface area (TPSA) is 51.2 Å². The minimum Gasteiger partial charge on any atom is -0.497 e. The molecule has 6 heteroatoms. The molecular formula is C16H13IN2O2S. The summed E-state index contributed by atoms with van der Waals surface area (Å²) >= 11 is 3.63. The molecule has 112 valence electrons. The number of methoxy groups -OCH3 is 1. The molecule has 0 unspecified atom stereocenters. The number of halogens is 1. The third-order valence-electron chi connectivity index (χ3n) is 3.25. The number of fused-ring (bicyclic) bond motifs is 1. The Balaban J connectivity index is 1.89. The Morgan fingerprint density at radius 2 is 2.14 bits per heavy atom. The van der Waals surface area contributed by atoms with Gasteiger partial charge in [0.25, 0.3) is 5.91 Å². The van der Waals surface area contributed by atoms with Crippen LogP contribution < -0.4 is 10.1 Å². The molecule has 1 amide bonds. The highest BCUT2D eigenvalue weighted by molar-refractivity contribution is 14.1. The molecule has 0 saturated carbocycles. The van der Waals surface area contributed by atoms with Crippen molar-refractivity contribution in [2.24, 2.45) is 0 Å². The summed E-state index contributed by atoms with van der Waals surface area (Å²) in [5.41, 5.74) is 2.60. The normalized spacial score (nSPS) is 10.7. The second-order valence-electron chi connectivity index (χ2n) is 4.74. The van der Waals surface area contributed by atoms with Crippen molar-refractivity contribution in [3.05, 3.63) is 51.1 Å². The van der Waals surface area contributed by atoms with E-state index in [1.54, 1.807) is 7.11 Å². The van der Waals surface area contributed by atoms with Gasteiger partial charge in [0.15, 0.2) is 5.13 Å². The zero-order valence-electron chi connectivity index (χ0n) is 12.0. The number of amides is 1. The van der Waals surface area contributed by atoms with Crippen LogP contribution in [0.5, 0.6) is 5.75 Å². The fourth-order valence-corrected chi connectivity index (χ4v) is 3.57. The van der Waals surface area contributed by atoms with E-state index in [4.69, 9.17) is 4.74 Å². The Kier molecular flexibility index (Phi) is 4.30. The Bertz CT molecular complexity index is 860. The molecule has 0 saturated heterocycles. The van der Waals surface area contributed by atoms with Crippen LogP contribution in [0.3, 0.4) is 0 Å². The van der Waals surface area contributed by atoms with Crippen molar-refractivity contribution in [1.29, 1.82) is 0 Å². The SMILES string of the molecule is COc1ccc2nc(NC(=O)c3cccc(C)c3I)sc2c1. The molecule has 0 spiro atoms. The summed E-state index contributed by atoms with van der Waals surface area (Å²) in [4.78, 5) is 16.8. The van der Waals surface area contributed by atoms with E-state index in [2.05, 4.69) is 32.9 Å². The van der Waals surface area contributed by atoms with Crippen LogP contribution in [0.15, 0.2) is 36.4 Å². The molecular weight excluding hydrogens is 411 g/mol. The zero-order chi connectivity index (χ0) is 15.7. The van der Waals surface area contributed by atoms with Crippen LogP contribution in [-0.2, 0) is 0 Å². The number of aromatic nitrogens is 1. The van der Waals surface area contributed by atoms with E-state index in [1.807, 2.05) is 43.3 Å². The number of nitrogens with zero attached hydrogens (tertiary/aromatic N) is 1. The number of aryl methyl sites for hydroxylation is 1. The Labute approximate surface area is 145 Å². The van der Waals surface area contributed by atoms with Crippen LogP contribution >= 0.6 is 33.9 Å². The van der Waals surface area contributed by atoms with E-state index >= 15 is 0 Å². The van der Waals surface area contributed by atoms with Crippen LogP contribution in [0.2, 0.25) is 0 Å². The van der Waals surface area contributed by atoms with Gasteiger partial charge in [-0.05, 0) is 59.3 Å². The number of carbonyl (C=O) groups excluding carboxylic acids is 1. The average molecular weight is 424 g/mol. The van der Waals surface area contributed by atoms with Crippen molar-refractivity contribution >= 4 is 55.2 Å². The standard InChI is InChI=1S/C16H13IN2O2S/c1-9-4-3-5-11(14(9)17)15(20)19-16-18-12-7-6-10(21-2)8-13(12)22-16/h3-8H,1-2H3,(H,18,19,20). The maximum atomic E-state index is 12.4. The molecule has 0 radical (unpaired) electrons. The molecule has 3 aromatic rings. The number of anilines is 1. The summed E-state index contributed by atoms with van der Waals surface area (Å²) in [6, 6.07) is 11.4. The fourth-order valence-electron chi connectivity index (χ4n) is 2.07. The number of hydrogen-bond donors (Lipinski definition) is 1. The summed E-state index contributed by atoms with van der Waals surface area (Å²) in [5, 5.41) is 3.46. The highest BCUT2D eigenvalue weighted by Crippen LogP contribution is 2.29. The van der Waals surface area contributed by atoms with Gasteiger partial charge in [-0.2, -0.15) is 0 Å². The molecule has 4 nitrogen and oxygen atoms in total. The lowest BCUT2D eigenvalue weighted by molar-refractivity contribution is 0.102. The number of rotatable bonds is 3. The minimum absolute atomic E-state index is 0.140. The van der Waals surface area contributed by atoms with Crippen LogP contribution in [0.1, 0.15) is 15.9 Å². The second-order valence-corrected chi connectivity index (χ2v) is 6.85. The van der Waals surface area contributed by atoms with Crippen molar-refractivity contribution in [1.82, 2.24) is 4.98 Å². The molecule has 0 aliphatic rings. The Morgan fingerprint density at radius 1 is 1.32 bits per heavy atom. The van der Waals surface area contributed by atoms with Gasteiger partial charge in [0.1, 0.15) is 5.75 Å². The van der Waals surface area contributed by atoms with E-state index in [0.717, 1.165) is 25.1 Å². The number of nitrogens with one attached hydrogen (secondary N) is 1. The second kappa shape index (κ2) is 6.21. The van der Waals surface area contributed by atoms with Crippen molar-refractivity contribution in [2.75, 3.05) is 12.4 Å². The van der Waals surface area contributed by atoms with Gasteiger partial charge < -0.3 is 4.74 Å². The summed E-state index contributed by atoms with van der Waals surface area (Å²) < 4.78 is 7.14. The number of ether oxygens (including phenoxy) is 1. The third-order valence-corrected chi connectivity index (χ3v) is 5.62. The van der Waals surface area contributed by atoms with Crippen molar-refractivity contribution in [3.8, 4) is 5.75 Å². The van der Waals surface area contributed by atoms with Gasteiger partial charge in [0.2, 0.25) is 0 Å². The van der Waals surface area contributed by atoms with E-state index in [-0.39, 0.29) is 5.91 Å². The minimum atomic E-state index is -0.140. The van der Waals surface area contributed by atoms with E-state index in [9.17, 15) is 4.79 Å². The summed E-state index contributed by atoms with van der Waals surface area (Å²) in [6.07, 6.45) is 0. The monoisotopic (exact) mass is 424 g/mol. The lowest BCUT2D eigenvalue weighted by Gasteiger charge is -2.06. The number of thiazole rings is 1. The van der Waals surface area contributed by atoms with Gasteiger partial charge >= 0.3 is 0 Å². The Hall–Kier alpha value is -1.67. The van der Waals surface area contributed by atoms with E-state index < -0.39 is 0 Å². The van der Waals surface area contributed by atoms with Gasteiger partial charge in [0, 0.05) is 3.57 Å². The summed E-state index contributed by atoms with van der Waals surface area (Å²) in [7, 11) is 1.63. The molecule has 0 aliphatic carbocycles. The largest absolute Gasteiger partial charge is 0.497 e.